The average Bonchev–Trinajstić information content (AvgIpc) is 3.36. The molecule has 0 fully saturated rings. The van der Waals surface area contributed by atoms with Gasteiger partial charge in [0.05, 0.1) is 5.56 Å². The molecule has 0 bridgehead atoms. The third kappa shape index (κ3) is 3.82. The summed E-state index contributed by atoms with van der Waals surface area (Å²) in [5, 5.41) is 22.9. The molecular formula is C20H15FN6O6. The Balaban J connectivity index is 1.86. The van der Waals surface area contributed by atoms with Gasteiger partial charge in [0.25, 0.3) is 5.56 Å². The summed E-state index contributed by atoms with van der Waals surface area (Å²) < 4.78 is 21.5. The van der Waals surface area contributed by atoms with E-state index in [0.717, 1.165) is 18.2 Å². The van der Waals surface area contributed by atoms with Gasteiger partial charge in [0.1, 0.15) is 35.1 Å². The number of aromatic amines is 1. The van der Waals surface area contributed by atoms with Gasteiger partial charge in [-0.2, -0.15) is 4.98 Å². The summed E-state index contributed by atoms with van der Waals surface area (Å²) in [4.78, 5) is 46.0. The highest BCUT2D eigenvalue weighted by Gasteiger charge is 2.27. The summed E-state index contributed by atoms with van der Waals surface area (Å²) in [5.41, 5.74) is 2.27. The van der Waals surface area contributed by atoms with E-state index < -0.39 is 45.8 Å². The first-order valence-electron chi connectivity index (χ1n) is 9.30. The summed E-state index contributed by atoms with van der Waals surface area (Å²) in [7, 11) is 0. The number of hydrogen-bond acceptors (Lipinski definition) is 8. The van der Waals surface area contributed by atoms with Crippen LogP contribution in [0.5, 0.6) is 0 Å². The zero-order valence-electron chi connectivity index (χ0n) is 16.9. The number of carboxylic acid groups (broad SMARTS) is 2. The second-order valence-electron chi connectivity index (χ2n) is 6.91. The maximum absolute atomic E-state index is 14.6. The van der Waals surface area contributed by atoms with Gasteiger partial charge in [0.2, 0.25) is 11.7 Å². The maximum Gasteiger partial charge on any atom is 0.342 e. The Kier molecular flexibility index (Phi) is 5.21. The van der Waals surface area contributed by atoms with E-state index in [4.69, 9.17) is 10.3 Å². The largest absolute Gasteiger partial charge is 0.478 e. The molecule has 0 radical (unpaired) electrons. The SMILES string of the molecule is Cc1nccn1Cc1nc(-c2cc(-c3c(C(=O)O)c(N)[nH]c(=O)c3C(=O)O)ccc2F)no1. The van der Waals surface area contributed by atoms with Crippen molar-refractivity contribution in [1.29, 1.82) is 0 Å². The molecule has 12 nitrogen and oxygen atoms in total. The van der Waals surface area contributed by atoms with Crippen LogP contribution in [0.25, 0.3) is 22.5 Å². The third-order valence-corrected chi connectivity index (χ3v) is 4.87. The van der Waals surface area contributed by atoms with E-state index in [1.807, 2.05) is 4.98 Å². The fourth-order valence-electron chi connectivity index (χ4n) is 3.33. The van der Waals surface area contributed by atoms with Crippen LogP contribution in [0.4, 0.5) is 10.2 Å². The van der Waals surface area contributed by atoms with Crippen LogP contribution >= 0.6 is 0 Å². The van der Waals surface area contributed by atoms with Crippen LogP contribution in [0.3, 0.4) is 0 Å². The standard InChI is InChI=1S/C20H15FN6O6/c1-8-23-4-5-27(8)7-12-24-17(26-33-12)10-6-9(2-3-11(10)21)13-14(19(29)30)16(22)25-18(28)15(13)20(31)32/h2-6H,7H2,1H3,(H,29,30)(H,31,32)(H3,22,25,28). The molecule has 3 aromatic heterocycles. The fourth-order valence-corrected chi connectivity index (χ4v) is 3.33. The first kappa shape index (κ1) is 21.4. The van der Waals surface area contributed by atoms with Gasteiger partial charge in [-0.05, 0) is 24.6 Å². The van der Waals surface area contributed by atoms with Crippen molar-refractivity contribution in [2.45, 2.75) is 13.5 Å². The lowest BCUT2D eigenvalue weighted by Crippen LogP contribution is -2.24. The molecule has 4 rings (SSSR count). The quantitative estimate of drug-likeness (QED) is 0.334. The highest BCUT2D eigenvalue weighted by atomic mass is 19.1. The van der Waals surface area contributed by atoms with E-state index >= 15 is 0 Å². The predicted octanol–water partition coefficient (Wildman–Crippen LogP) is 1.76. The van der Waals surface area contributed by atoms with Crippen molar-refractivity contribution in [2.24, 2.45) is 0 Å². The zero-order valence-corrected chi connectivity index (χ0v) is 16.9. The van der Waals surface area contributed by atoms with E-state index in [-0.39, 0.29) is 29.4 Å². The van der Waals surface area contributed by atoms with Crippen LogP contribution in [0.2, 0.25) is 0 Å². The topological polar surface area (TPSA) is 190 Å². The van der Waals surface area contributed by atoms with Crippen molar-refractivity contribution in [3.63, 3.8) is 0 Å². The highest BCUT2D eigenvalue weighted by molar-refractivity contribution is 6.07. The number of carboxylic acids is 2. The van der Waals surface area contributed by atoms with Crippen molar-refractivity contribution < 1.29 is 28.7 Å². The van der Waals surface area contributed by atoms with Gasteiger partial charge in [0.15, 0.2) is 0 Å². The van der Waals surface area contributed by atoms with Gasteiger partial charge in [-0.15, -0.1) is 0 Å². The minimum atomic E-state index is -1.68. The number of aryl methyl sites for hydroxylation is 1. The Morgan fingerprint density at radius 2 is 1.97 bits per heavy atom. The summed E-state index contributed by atoms with van der Waals surface area (Å²) in [5.74, 6) is -3.91. The third-order valence-electron chi connectivity index (χ3n) is 4.87. The first-order chi connectivity index (χ1) is 15.7. The number of nitrogen functional groups attached to an aromatic ring is 1. The molecule has 0 aliphatic rings. The van der Waals surface area contributed by atoms with Gasteiger partial charge in [-0.1, -0.05) is 11.2 Å². The number of nitrogens with one attached hydrogen (secondary N) is 1. The van der Waals surface area contributed by atoms with Gasteiger partial charge < -0.3 is 30.0 Å². The predicted molar refractivity (Wildman–Crippen MR) is 110 cm³/mol. The molecule has 13 heteroatoms. The zero-order chi connectivity index (χ0) is 23.9. The van der Waals surface area contributed by atoms with Gasteiger partial charge in [-0.25, -0.2) is 19.0 Å². The lowest BCUT2D eigenvalue weighted by Gasteiger charge is -2.13. The number of aromatic carboxylic acids is 2. The Morgan fingerprint density at radius 3 is 2.61 bits per heavy atom. The van der Waals surface area contributed by atoms with Crippen LogP contribution in [-0.4, -0.2) is 46.8 Å². The number of halogens is 1. The van der Waals surface area contributed by atoms with Gasteiger partial charge in [-0.3, -0.25) is 4.79 Å². The van der Waals surface area contributed by atoms with Crippen LogP contribution < -0.4 is 11.3 Å². The van der Waals surface area contributed by atoms with Crippen LogP contribution in [-0.2, 0) is 6.54 Å². The minimum Gasteiger partial charge on any atom is -0.478 e. The molecule has 0 unspecified atom stereocenters. The van der Waals surface area contributed by atoms with Gasteiger partial charge >= 0.3 is 11.9 Å². The summed E-state index contributed by atoms with van der Waals surface area (Å²) in [6, 6.07) is 3.22. The number of imidazole rings is 1. The number of benzene rings is 1. The molecule has 0 saturated carbocycles. The number of nitrogens with zero attached hydrogens (tertiary/aromatic N) is 4. The van der Waals surface area contributed by atoms with Crippen molar-refractivity contribution in [3.8, 4) is 22.5 Å². The number of rotatable bonds is 6. The highest BCUT2D eigenvalue weighted by Crippen LogP contribution is 2.33. The van der Waals surface area contributed by atoms with E-state index in [9.17, 15) is 29.0 Å². The Morgan fingerprint density at radius 1 is 1.24 bits per heavy atom. The molecule has 3 heterocycles. The van der Waals surface area contributed by atoms with Crippen LogP contribution in [0.1, 0.15) is 32.4 Å². The molecular weight excluding hydrogens is 439 g/mol. The fraction of sp³-hybridized carbons (Fsp3) is 0.100. The summed E-state index contributed by atoms with van der Waals surface area (Å²) in [6.45, 7) is 1.95. The number of nitrogens with two attached hydrogens (primary N) is 1. The first-order valence-corrected chi connectivity index (χ1v) is 9.30. The lowest BCUT2D eigenvalue weighted by molar-refractivity contribution is 0.0695. The van der Waals surface area contributed by atoms with Crippen LogP contribution in [0, 0.1) is 12.7 Å². The summed E-state index contributed by atoms with van der Waals surface area (Å²) >= 11 is 0. The van der Waals surface area contributed by atoms with Crippen molar-refractivity contribution in [2.75, 3.05) is 5.73 Å². The normalized spacial score (nSPS) is 11.0. The number of pyridine rings is 1. The molecule has 33 heavy (non-hydrogen) atoms. The van der Waals surface area contributed by atoms with Crippen molar-refractivity contribution in [1.82, 2.24) is 24.7 Å². The number of anilines is 1. The molecule has 168 valence electrons. The Hall–Kier alpha value is -4.81. The summed E-state index contributed by atoms with van der Waals surface area (Å²) in [6.07, 6.45) is 3.28. The van der Waals surface area contributed by atoms with Gasteiger partial charge in [0, 0.05) is 18.0 Å². The Labute approximate surface area is 183 Å². The monoisotopic (exact) mass is 454 g/mol. The molecule has 0 atom stereocenters. The van der Waals surface area contributed by atoms with E-state index in [1.165, 1.54) is 0 Å². The molecule has 4 aromatic rings. The maximum atomic E-state index is 14.6. The molecule has 0 saturated heterocycles. The molecule has 5 N–H and O–H groups in total. The van der Waals surface area contributed by atoms with Crippen molar-refractivity contribution in [3.05, 3.63) is 69.6 Å². The second-order valence-corrected chi connectivity index (χ2v) is 6.91. The van der Waals surface area contributed by atoms with E-state index in [1.54, 1.807) is 23.9 Å². The number of carbonyl (C=O) groups is 2. The Bertz CT molecular complexity index is 1470. The number of H-pyrrole nitrogens is 1. The molecule has 1 aromatic carbocycles. The molecule has 0 aliphatic heterocycles. The van der Waals surface area contributed by atoms with Crippen LogP contribution in [0.15, 0.2) is 39.9 Å². The number of aromatic nitrogens is 5. The van der Waals surface area contributed by atoms with E-state index in [0.29, 0.717) is 5.82 Å². The molecule has 0 aliphatic carbocycles. The lowest BCUT2D eigenvalue weighted by atomic mass is 9.94. The smallest absolute Gasteiger partial charge is 0.342 e. The van der Waals surface area contributed by atoms with Crippen molar-refractivity contribution >= 4 is 17.8 Å². The average molecular weight is 454 g/mol. The molecule has 0 spiro atoms. The minimum absolute atomic E-state index is 0.0872. The number of hydrogen-bond donors (Lipinski definition) is 4. The second kappa shape index (κ2) is 8.03. The van der Waals surface area contributed by atoms with E-state index in [2.05, 4.69) is 15.1 Å². The molecule has 0 amide bonds.